The number of anilines is 1. The summed E-state index contributed by atoms with van der Waals surface area (Å²) in [5, 5.41) is 8.33. The fraction of sp³-hybridized carbons (Fsp3) is 0.267. The lowest BCUT2D eigenvalue weighted by atomic mass is 10.2. The molecule has 4 rings (SSSR count). The van der Waals surface area contributed by atoms with Crippen molar-refractivity contribution in [2.24, 2.45) is 0 Å². The van der Waals surface area contributed by atoms with Gasteiger partial charge in [-0.15, -0.1) is 10.2 Å². The Kier molecular flexibility index (Phi) is 3.45. The summed E-state index contributed by atoms with van der Waals surface area (Å²) in [6.07, 6.45) is 3.32. The van der Waals surface area contributed by atoms with E-state index in [0.717, 1.165) is 0 Å². The highest BCUT2D eigenvalue weighted by atomic mass is 32.2. The molecule has 24 heavy (non-hydrogen) atoms. The molecule has 124 valence electrons. The molecule has 1 aromatic carbocycles. The van der Waals surface area contributed by atoms with Crippen molar-refractivity contribution in [3.8, 4) is 11.4 Å². The van der Waals surface area contributed by atoms with Gasteiger partial charge in [-0.3, -0.25) is 4.40 Å². The SMILES string of the molecule is O=S1(=O)CCN(c2nccn3c(-c4cccc(F)c4)nnc23)CC1. The lowest BCUT2D eigenvalue weighted by molar-refractivity contribution is 0.586. The van der Waals surface area contributed by atoms with Crippen LogP contribution in [0.4, 0.5) is 10.2 Å². The first-order valence-corrected chi connectivity index (χ1v) is 9.27. The smallest absolute Gasteiger partial charge is 0.204 e. The van der Waals surface area contributed by atoms with E-state index in [0.29, 0.717) is 35.9 Å². The molecule has 0 amide bonds. The monoisotopic (exact) mass is 347 g/mol. The van der Waals surface area contributed by atoms with E-state index in [4.69, 9.17) is 0 Å². The van der Waals surface area contributed by atoms with E-state index in [1.807, 2.05) is 4.90 Å². The predicted molar refractivity (Wildman–Crippen MR) is 87.0 cm³/mol. The molecule has 0 radical (unpaired) electrons. The van der Waals surface area contributed by atoms with E-state index in [9.17, 15) is 12.8 Å². The molecule has 2 aromatic heterocycles. The van der Waals surface area contributed by atoms with Gasteiger partial charge in [0.05, 0.1) is 11.5 Å². The molecule has 0 N–H and O–H groups in total. The second kappa shape index (κ2) is 5.52. The molecule has 0 atom stereocenters. The summed E-state index contributed by atoms with van der Waals surface area (Å²) < 4.78 is 38.4. The zero-order valence-corrected chi connectivity index (χ0v) is 13.4. The van der Waals surface area contributed by atoms with Crippen LogP contribution < -0.4 is 4.90 Å². The normalized spacial score (nSPS) is 17.3. The molecule has 0 spiro atoms. The lowest BCUT2D eigenvalue weighted by Gasteiger charge is -2.27. The van der Waals surface area contributed by atoms with Crippen LogP contribution in [0.3, 0.4) is 0 Å². The molecular weight excluding hydrogens is 333 g/mol. The number of rotatable bonds is 2. The Morgan fingerprint density at radius 2 is 1.92 bits per heavy atom. The Morgan fingerprint density at radius 3 is 2.67 bits per heavy atom. The molecule has 3 heterocycles. The summed E-state index contributed by atoms with van der Waals surface area (Å²) in [6, 6.07) is 6.13. The van der Waals surface area contributed by atoms with Gasteiger partial charge in [0.25, 0.3) is 0 Å². The maximum Gasteiger partial charge on any atom is 0.204 e. The largest absolute Gasteiger partial charge is 0.351 e. The van der Waals surface area contributed by atoms with Crippen LogP contribution in [0.1, 0.15) is 0 Å². The fourth-order valence-corrected chi connectivity index (χ4v) is 3.99. The van der Waals surface area contributed by atoms with Crippen LogP contribution in [0.5, 0.6) is 0 Å². The molecule has 1 aliphatic heterocycles. The Hall–Kier alpha value is -2.55. The minimum atomic E-state index is -2.97. The van der Waals surface area contributed by atoms with Crippen molar-refractivity contribution in [3.63, 3.8) is 0 Å². The minimum absolute atomic E-state index is 0.0978. The van der Waals surface area contributed by atoms with E-state index in [2.05, 4.69) is 15.2 Å². The van der Waals surface area contributed by atoms with Crippen molar-refractivity contribution in [2.45, 2.75) is 0 Å². The predicted octanol–water partition coefficient (Wildman–Crippen LogP) is 1.17. The Labute approximate surface area is 137 Å². The van der Waals surface area contributed by atoms with Crippen LogP contribution in [0.15, 0.2) is 36.7 Å². The number of hydrogen-bond donors (Lipinski definition) is 0. The van der Waals surface area contributed by atoms with Gasteiger partial charge in [0, 0.05) is 31.0 Å². The zero-order chi connectivity index (χ0) is 16.7. The summed E-state index contributed by atoms with van der Waals surface area (Å²) in [4.78, 5) is 6.23. The third kappa shape index (κ3) is 2.60. The minimum Gasteiger partial charge on any atom is -0.351 e. The first-order chi connectivity index (χ1) is 11.5. The summed E-state index contributed by atoms with van der Waals surface area (Å²) >= 11 is 0. The van der Waals surface area contributed by atoms with Crippen LogP contribution in [0.25, 0.3) is 17.0 Å². The number of hydrogen-bond acceptors (Lipinski definition) is 6. The highest BCUT2D eigenvalue weighted by molar-refractivity contribution is 7.91. The van der Waals surface area contributed by atoms with Crippen LogP contribution in [-0.4, -0.2) is 52.6 Å². The molecule has 9 heteroatoms. The third-order valence-corrected chi connectivity index (χ3v) is 5.64. The number of nitrogens with zero attached hydrogens (tertiary/aromatic N) is 5. The van der Waals surface area contributed by atoms with Gasteiger partial charge < -0.3 is 4.90 Å². The molecule has 1 aliphatic rings. The van der Waals surface area contributed by atoms with E-state index >= 15 is 0 Å². The van der Waals surface area contributed by atoms with Crippen molar-refractivity contribution in [3.05, 3.63) is 42.5 Å². The number of benzene rings is 1. The number of halogens is 1. The number of aromatic nitrogens is 4. The third-order valence-electron chi connectivity index (χ3n) is 4.04. The molecule has 1 fully saturated rings. The molecule has 7 nitrogen and oxygen atoms in total. The number of sulfone groups is 1. The molecule has 0 bridgehead atoms. The second-order valence-electron chi connectivity index (χ2n) is 5.62. The summed E-state index contributed by atoms with van der Waals surface area (Å²) in [7, 11) is -2.97. The Bertz CT molecular complexity index is 1000. The first kappa shape index (κ1) is 15.0. The average Bonchev–Trinajstić information content (AvgIpc) is 2.99. The van der Waals surface area contributed by atoms with Gasteiger partial charge in [-0.05, 0) is 12.1 Å². The van der Waals surface area contributed by atoms with Crippen LogP contribution in [0, 0.1) is 5.82 Å². The quantitative estimate of drug-likeness (QED) is 0.692. The van der Waals surface area contributed by atoms with Gasteiger partial charge in [0.15, 0.2) is 21.5 Å². The van der Waals surface area contributed by atoms with E-state index in [1.165, 1.54) is 12.1 Å². The highest BCUT2D eigenvalue weighted by Gasteiger charge is 2.25. The van der Waals surface area contributed by atoms with Gasteiger partial charge >= 0.3 is 0 Å². The molecule has 1 saturated heterocycles. The van der Waals surface area contributed by atoms with Crippen molar-refractivity contribution < 1.29 is 12.8 Å². The first-order valence-electron chi connectivity index (χ1n) is 7.44. The number of fused-ring (bicyclic) bond motifs is 1. The van der Waals surface area contributed by atoms with Gasteiger partial charge in [0.2, 0.25) is 5.65 Å². The Balaban J connectivity index is 1.77. The van der Waals surface area contributed by atoms with Gasteiger partial charge in [0.1, 0.15) is 5.82 Å². The van der Waals surface area contributed by atoms with Crippen molar-refractivity contribution in [1.82, 2.24) is 19.6 Å². The summed E-state index contributed by atoms with van der Waals surface area (Å²) in [5.41, 5.74) is 1.14. The fourth-order valence-electron chi connectivity index (χ4n) is 2.79. The van der Waals surface area contributed by atoms with E-state index < -0.39 is 9.84 Å². The van der Waals surface area contributed by atoms with Gasteiger partial charge in [-0.1, -0.05) is 12.1 Å². The standard InChI is InChI=1S/C15H14FN5O2S/c16-12-3-1-2-11(10-12)13-18-19-15-14(17-4-5-21(13)15)20-6-8-24(22,23)9-7-20/h1-5,10H,6-9H2. The van der Waals surface area contributed by atoms with Crippen molar-refractivity contribution in [1.29, 1.82) is 0 Å². The van der Waals surface area contributed by atoms with Crippen LogP contribution in [0.2, 0.25) is 0 Å². The highest BCUT2D eigenvalue weighted by Crippen LogP contribution is 2.24. The van der Waals surface area contributed by atoms with Crippen LogP contribution >= 0.6 is 0 Å². The van der Waals surface area contributed by atoms with Gasteiger partial charge in [-0.2, -0.15) is 0 Å². The van der Waals surface area contributed by atoms with Crippen LogP contribution in [-0.2, 0) is 9.84 Å². The lowest BCUT2D eigenvalue weighted by Crippen LogP contribution is -2.40. The molecule has 0 aliphatic carbocycles. The van der Waals surface area contributed by atoms with E-state index in [-0.39, 0.29) is 17.3 Å². The summed E-state index contributed by atoms with van der Waals surface area (Å²) in [5.74, 6) is 0.946. The van der Waals surface area contributed by atoms with E-state index in [1.54, 1.807) is 28.9 Å². The van der Waals surface area contributed by atoms with Crippen molar-refractivity contribution >= 4 is 21.3 Å². The Morgan fingerprint density at radius 1 is 1.12 bits per heavy atom. The van der Waals surface area contributed by atoms with Gasteiger partial charge in [-0.25, -0.2) is 17.8 Å². The maximum atomic E-state index is 13.5. The molecular formula is C15H14FN5O2S. The molecule has 0 unspecified atom stereocenters. The molecule has 0 saturated carbocycles. The zero-order valence-electron chi connectivity index (χ0n) is 12.6. The maximum absolute atomic E-state index is 13.5. The second-order valence-corrected chi connectivity index (χ2v) is 7.92. The topological polar surface area (TPSA) is 80.5 Å². The molecule has 3 aromatic rings. The average molecular weight is 347 g/mol. The van der Waals surface area contributed by atoms with Crippen molar-refractivity contribution in [2.75, 3.05) is 29.5 Å². The summed E-state index contributed by atoms with van der Waals surface area (Å²) in [6.45, 7) is 0.744.